The second kappa shape index (κ2) is 4.22. The number of pyridine rings is 1. The van der Waals surface area contributed by atoms with Crippen molar-refractivity contribution in [2.75, 3.05) is 6.67 Å². The normalized spacial score (nSPS) is 14.5. The van der Waals surface area contributed by atoms with Crippen LogP contribution in [-0.2, 0) is 11.2 Å². The number of aromatic hydroxyl groups is 1. The summed E-state index contributed by atoms with van der Waals surface area (Å²) >= 11 is 0. The van der Waals surface area contributed by atoms with Crippen LogP contribution in [0, 0.1) is 0 Å². The van der Waals surface area contributed by atoms with Gasteiger partial charge >= 0.3 is 5.97 Å². The molecule has 0 saturated carbocycles. The molecule has 1 heterocycles. The van der Waals surface area contributed by atoms with E-state index in [0.717, 1.165) is 6.20 Å². The standard InChI is InChI=1S/C9H11FN2O3/c10-5-9(11,8(14)15)3-6-1-2-7(13)4-12-6/h1-2,4,13H,3,5,11H2,(H,14,15)/t9-/m1/s1. The molecular weight excluding hydrogens is 203 g/mol. The lowest BCUT2D eigenvalue weighted by molar-refractivity contribution is -0.144. The van der Waals surface area contributed by atoms with Gasteiger partial charge in [-0.1, -0.05) is 0 Å². The number of halogens is 1. The van der Waals surface area contributed by atoms with Crippen LogP contribution in [0.3, 0.4) is 0 Å². The number of aliphatic carboxylic acids is 1. The molecule has 0 unspecified atom stereocenters. The lowest BCUT2D eigenvalue weighted by atomic mass is 9.96. The van der Waals surface area contributed by atoms with Crippen LogP contribution in [0.5, 0.6) is 5.75 Å². The molecule has 0 bridgehead atoms. The van der Waals surface area contributed by atoms with Crippen LogP contribution in [0.15, 0.2) is 18.3 Å². The third-order valence-corrected chi connectivity index (χ3v) is 1.97. The Morgan fingerprint density at radius 2 is 2.27 bits per heavy atom. The van der Waals surface area contributed by atoms with E-state index in [4.69, 9.17) is 15.9 Å². The van der Waals surface area contributed by atoms with Crippen molar-refractivity contribution in [2.45, 2.75) is 12.0 Å². The Morgan fingerprint density at radius 1 is 1.60 bits per heavy atom. The van der Waals surface area contributed by atoms with Crippen LogP contribution >= 0.6 is 0 Å². The molecule has 4 N–H and O–H groups in total. The summed E-state index contributed by atoms with van der Waals surface area (Å²) in [6.45, 7) is -1.18. The van der Waals surface area contributed by atoms with E-state index in [-0.39, 0.29) is 12.2 Å². The summed E-state index contributed by atoms with van der Waals surface area (Å²) in [5.41, 5.74) is 3.69. The molecule has 0 aromatic carbocycles. The number of hydrogen-bond acceptors (Lipinski definition) is 4. The van der Waals surface area contributed by atoms with Gasteiger partial charge in [-0.2, -0.15) is 0 Å². The highest BCUT2D eigenvalue weighted by molar-refractivity contribution is 5.79. The third-order valence-electron chi connectivity index (χ3n) is 1.97. The first-order valence-electron chi connectivity index (χ1n) is 4.20. The smallest absolute Gasteiger partial charge is 0.326 e. The fourth-order valence-electron chi connectivity index (χ4n) is 1.02. The summed E-state index contributed by atoms with van der Waals surface area (Å²) in [6, 6.07) is 2.73. The number of hydrogen-bond donors (Lipinski definition) is 3. The molecule has 15 heavy (non-hydrogen) atoms. The van der Waals surface area contributed by atoms with Gasteiger partial charge in [0.25, 0.3) is 0 Å². The average Bonchev–Trinajstić information content (AvgIpc) is 2.21. The number of carboxylic acids is 1. The van der Waals surface area contributed by atoms with E-state index in [0.29, 0.717) is 5.69 Å². The van der Waals surface area contributed by atoms with Crippen molar-refractivity contribution in [2.24, 2.45) is 5.73 Å². The second-order valence-electron chi connectivity index (χ2n) is 3.28. The molecule has 0 saturated heterocycles. The highest BCUT2D eigenvalue weighted by atomic mass is 19.1. The zero-order valence-electron chi connectivity index (χ0n) is 7.85. The minimum atomic E-state index is -1.95. The molecule has 6 heteroatoms. The fourth-order valence-corrected chi connectivity index (χ4v) is 1.02. The number of nitrogens with two attached hydrogens (primary N) is 1. The van der Waals surface area contributed by atoms with Crippen molar-refractivity contribution < 1.29 is 19.4 Å². The van der Waals surface area contributed by atoms with E-state index in [1.165, 1.54) is 12.1 Å². The van der Waals surface area contributed by atoms with E-state index in [1.807, 2.05) is 0 Å². The van der Waals surface area contributed by atoms with E-state index in [9.17, 15) is 9.18 Å². The van der Waals surface area contributed by atoms with Gasteiger partial charge in [-0.15, -0.1) is 0 Å². The van der Waals surface area contributed by atoms with E-state index >= 15 is 0 Å². The maximum Gasteiger partial charge on any atom is 0.326 e. The van der Waals surface area contributed by atoms with Crippen molar-refractivity contribution in [1.82, 2.24) is 4.98 Å². The molecule has 0 aliphatic heterocycles. The SMILES string of the molecule is N[C@@](CF)(Cc1ccc(O)cn1)C(=O)O. The molecule has 0 fully saturated rings. The van der Waals surface area contributed by atoms with Crippen molar-refractivity contribution >= 4 is 5.97 Å². The molecule has 82 valence electrons. The first-order chi connectivity index (χ1) is 6.98. The van der Waals surface area contributed by atoms with Crippen LogP contribution in [0.1, 0.15) is 5.69 Å². The molecule has 0 amide bonds. The minimum Gasteiger partial charge on any atom is -0.506 e. The molecule has 0 radical (unpaired) electrons. The van der Waals surface area contributed by atoms with Gasteiger partial charge in [0.15, 0.2) is 0 Å². The molecule has 0 spiro atoms. The monoisotopic (exact) mass is 214 g/mol. The van der Waals surface area contributed by atoms with Gasteiger partial charge in [0.1, 0.15) is 18.0 Å². The van der Waals surface area contributed by atoms with Crippen LogP contribution in [-0.4, -0.2) is 33.4 Å². The average molecular weight is 214 g/mol. The number of nitrogens with zero attached hydrogens (tertiary/aromatic N) is 1. The Hall–Kier alpha value is -1.69. The predicted octanol–water partition coefficient (Wildman–Crippen LogP) is 0.0813. The van der Waals surface area contributed by atoms with Gasteiger partial charge in [0.05, 0.1) is 6.20 Å². The highest BCUT2D eigenvalue weighted by Gasteiger charge is 2.34. The van der Waals surface area contributed by atoms with Gasteiger partial charge in [0.2, 0.25) is 0 Å². The van der Waals surface area contributed by atoms with Crippen LogP contribution in [0.2, 0.25) is 0 Å². The highest BCUT2D eigenvalue weighted by Crippen LogP contribution is 2.13. The molecule has 0 aliphatic carbocycles. The second-order valence-corrected chi connectivity index (χ2v) is 3.28. The van der Waals surface area contributed by atoms with Crippen LogP contribution in [0.25, 0.3) is 0 Å². The number of carboxylic acid groups (broad SMARTS) is 1. The topological polar surface area (TPSA) is 96.4 Å². The zero-order chi connectivity index (χ0) is 11.5. The van der Waals surface area contributed by atoms with Crippen LogP contribution < -0.4 is 5.73 Å². The molecule has 0 aliphatic rings. The number of aromatic nitrogens is 1. The van der Waals surface area contributed by atoms with Gasteiger partial charge in [0, 0.05) is 12.1 Å². The Labute approximate surface area is 85.4 Å². The summed E-state index contributed by atoms with van der Waals surface area (Å²) in [6.07, 6.45) is 0.926. The molecule has 1 aromatic rings. The van der Waals surface area contributed by atoms with Crippen LogP contribution in [0.4, 0.5) is 4.39 Å². The number of rotatable bonds is 4. The lowest BCUT2D eigenvalue weighted by Gasteiger charge is -2.20. The number of carbonyl (C=O) groups is 1. The first kappa shape index (κ1) is 11.4. The molecule has 1 aromatic heterocycles. The first-order valence-corrected chi connectivity index (χ1v) is 4.20. The molecular formula is C9H11FN2O3. The minimum absolute atomic E-state index is 0.0445. The summed E-state index contributed by atoms with van der Waals surface area (Å²) in [5, 5.41) is 17.6. The lowest BCUT2D eigenvalue weighted by Crippen LogP contribution is -2.52. The van der Waals surface area contributed by atoms with E-state index < -0.39 is 18.2 Å². The Kier molecular flexibility index (Phi) is 3.21. The maximum atomic E-state index is 12.5. The Bertz CT molecular complexity index is 355. The largest absolute Gasteiger partial charge is 0.506 e. The summed E-state index contributed by atoms with van der Waals surface area (Å²) in [5.74, 6) is -1.46. The fraction of sp³-hybridized carbons (Fsp3) is 0.333. The molecule has 1 rings (SSSR count). The van der Waals surface area contributed by atoms with Crippen molar-refractivity contribution in [3.63, 3.8) is 0 Å². The van der Waals surface area contributed by atoms with Gasteiger partial charge in [-0.25, -0.2) is 4.39 Å². The molecule has 1 atom stereocenters. The van der Waals surface area contributed by atoms with Crippen molar-refractivity contribution in [3.05, 3.63) is 24.0 Å². The third kappa shape index (κ3) is 2.63. The zero-order valence-corrected chi connectivity index (χ0v) is 7.85. The summed E-state index contributed by atoms with van der Waals surface area (Å²) in [7, 11) is 0. The maximum absolute atomic E-state index is 12.5. The van der Waals surface area contributed by atoms with Gasteiger partial charge in [-0.05, 0) is 12.1 Å². The number of alkyl halides is 1. The van der Waals surface area contributed by atoms with Crippen molar-refractivity contribution in [3.8, 4) is 5.75 Å². The van der Waals surface area contributed by atoms with Crippen molar-refractivity contribution in [1.29, 1.82) is 0 Å². The van der Waals surface area contributed by atoms with Gasteiger partial charge in [-0.3, -0.25) is 9.78 Å². The molecule has 5 nitrogen and oxygen atoms in total. The Morgan fingerprint density at radius 3 is 2.67 bits per heavy atom. The van der Waals surface area contributed by atoms with Gasteiger partial charge < -0.3 is 15.9 Å². The predicted molar refractivity (Wildman–Crippen MR) is 50.1 cm³/mol. The van der Waals surface area contributed by atoms with E-state index in [1.54, 1.807) is 0 Å². The Balaban J connectivity index is 2.84. The van der Waals surface area contributed by atoms with E-state index in [2.05, 4.69) is 4.98 Å². The summed E-state index contributed by atoms with van der Waals surface area (Å²) in [4.78, 5) is 14.4. The quantitative estimate of drug-likeness (QED) is 0.659. The summed E-state index contributed by atoms with van der Waals surface area (Å²) < 4.78 is 12.5.